The van der Waals surface area contributed by atoms with Gasteiger partial charge in [0.1, 0.15) is 23.0 Å². The molecule has 0 spiro atoms. The predicted octanol–water partition coefficient (Wildman–Crippen LogP) is 5.11. The van der Waals surface area contributed by atoms with Gasteiger partial charge in [-0.05, 0) is 39.0 Å². The second kappa shape index (κ2) is 7.99. The first kappa shape index (κ1) is 21.4. The zero-order chi connectivity index (χ0) is 23.0. The van der Waals surface area contributed by atoms with Crippen LogP contribution in [0.15, 0.2) is 48.9 Å². The Morgan fingerprint density at radius 2 is 1.94 bits per heavy atom. The molecule has 4 aromatic rings. The molecule has 4 rings (SSSR count). The molecule has 0 fully saturated rings. The first-order valence-corrected chi connectivity index (χ1v) is 9.99. The number of rotatable bonds is 4. The van der Waals surface area contributed by atoms with Crippen molar-refractivity contribution in [3.63, 3.8) is 0 Å². The van der Waals surface area contributed by atoms with E-state index in [-0.39, 0.29) is 5.69 Å². The van der Waals surface area contributed by atoms with Crippen LogP contribution in [0.3, 0.4) is 0 Å². The number of pyridine rings is 1. The van der Waals surface area contributed by atoms with Crippen LogP contribution in [-0.2, 0) is 11.8 Å². The Hall–Kier alpha value is -3.88. The second-order valence-corrected chi connectivity index (χ2v) is 8.35. The van der Waals surface area contributed by atoms with Gasteiger partial charge < -0.3 is 14.8 Å². The molecule has 0 aliphatic carbocycles. The average molecular weight is 437 g/mol. The van der Waals surface area contributed by atoms with Crippen molar-refractivity contribution in [1.82, 2.24) is 19.3 Å². The summed E-state index contributed by atoms with van der Waals surface area (Å²) in [5.41, 5.74) is 1.51. The molecular weight excluding hydrogens is 413 g/mol. The number of carbonyl (C=O) groups excluding carboxylic acids is 1. The zero-order valence-corrected chi connectivity index (χ0v) is 18.5. The average Bonchev–Trinajstić information content (AvgIpc) is 3.31. The maximum Gasteiger partial charge on any atom is 0.419 e. The van der Waals surface area contributed by atoms with Gasteiger partial charge in [-0.1, -0.05) is 0 Å². The molecule has 166 valence electrons. The van der Waals surface area contributed by atoms with Crippen LogP contribution >= 0.6 is 0 Å². The summed E-state index contributed by atoms with van der Waals surface area (Å²) < 4.78 is 28.2. The molecule has 0 saturated heterocycles. The molecule has 0 saturated carbocycles. The van der Waals surface area contributed by atoms with Crippen molar-refractivity contribution in [2.45, 2.75) is 26.4 Å². The number of aromatic nitrogens is 4. The van der Waals surface area contributed by atoms with E-state index < -0.39 is 17.5 Å². The lowest BCUT2D eigenvalue weighted by Gasteiger charge is -2.21. The molecule has 0 aliphatic rings. The SMILES string of the molecule is COc1ccc(Nc2cc3c(cn2)cc(-c2cnn(C)c2)n3C(=O)OC(C)(C)C)c(F)c1. The van der Waals surface area contributed by atoms with Gasteiger partial charge in [-0.15, -0.1) is 0 Å². The van der Waals surface area contributed by atoms with Gasteiger partial charge in [0, 0.05) is 42.5 Å². The normalized spacial score (nSPS) is 11.6. The molecule has 32 heavy (non-hydrogen) atoms. The number of hydrogen-bond acceptors (Lipinski definition) is 6. The third kappa shape index (κ3) is 4.27. The van der Waals surface area contributed by atoms with E-state index in [0.29, 0.717) is 22.8 Å². The number of methoxy groups -OCH3 is 1. The number of benzene rings is 1. The summed E-state index contributed by atoms with van der Waals surface area (Å²) in [6.07, 6.45) is 4.59. The van der Waals surface area contributed by atoms with Crippen molar-refractivity contribution in [2.24, 2.45) is 7.05 Å². The standard InChI is InChI=1S/C23H24FN5O3/c1-23(2,3)32-22(30)29-19(15-12-26-28(4)13-15)8-14-11-25-21(10-20(14)29)27-18-7-6-16(31-5)9-17(18)24/h6-13H,1-5H3,(H,25,27). The van der Waals surface area contributed by atoms with Gasteiger partial charge in [-0.3, -0.25) is 4.68 Å². The molecule has 8 nitrogen and oxygen atoms in total. The van der Waals surface area contributed by atoms with E-state index in [1.54, 1.807) is 63.1 Å². The van der Waals surface area contributed by atoms with Gasteiger partial charge in [0.05, 0.1) is 30.2 Å². The van der Waals surface area contributed by atoms with E-state index in [2.05, 4.69) is 15.4 Å². The fraction of sp³-hybridized carbons (Fsp3) is 0.261. The summed E-state index contributed by atoms with van der Waals surface area (Å²) in [4.78, 5) is 17.5. The Balaban J connectivity index is 1.80. The maximum absolute atomic E-state index is 14.4. The van der Waals surface area contributed by atoms with Gasteiger partial charge >= 0.3 is 6.09 Å². The lowest BCUT2D eigenvalue weighted by Crippen LogP contribution is -2.27. The van der Waals surface area contributed by atoms with Crippen molar-refractivity contribution >= 4 is 28.5 Å². The number of hydrogen-bond donors (Lipinski definition) is 1. The van der Waals surface area contributed by atoms with E-state index in [9.17, 15) is 9.18 Å². The highest BCUT2D eigenvalue weighted by molar-refractivity contribution is 5.97. The van der Waals surface area contributed by atoms with Crippen molar-refractivity contribution in [3.8, 4) is 17.0 Å². The molecule has 3 heterocycles. The van der Waals surface area contributed by atoms with Gasteiger partial charge in [0.15, 0.2) is 0 Å². The van der Waals surface area contributed by atoms with Crippen LogP contribution in [0.1, 0.15) is 20.8 Å². The van der Waals surface area contributed by atoms with Gasteiger partial charge in [-0.2, -0.15) is 5.10 Å². The minimum absolute atomic E-state index is 0.237. The van der Waals surface area contributed by atoms with Crippen LogP contribution in [0.25, 0.3) is 22.2 Å². The Bertz CT molecular complexity index is 1300. The number of carbonyl (C=O) groups is 1. The second-order valence-electron chi connectivity index (χ2n) is 8.35. The van der Waals surface area contributed by atoms with Crippen LogP contribution in [0.2, 0.25) is 0 Å². The highest BCUT2D eigenvalue weighted by Gasteiger charge is 2.24. The number of nitrogens with one attached hydrogen (secondary N) is 1. The molecule has 0 radical (unpaired) electrons. The molecule has 0 unspecified atom stereocenters. The van der Waals surface area contributed by atoms with E-state index in [4.69, 9.17) is 9.47 Å². The minimum atomic E-state index is -0.680. The van der Waals surface area contributed by atoms with E-state index in [1.165, 1.54) is 17.7 Å². The highest BCUT2D eigenvalue weighted by Crippen LogP contribution is 2.31. The molecule has 0 atom stereocenters. The molecule has 0 amide bonds. The monoisotopic (exact) mass is 437 g/mol. The fourth-order valence-electron chi connectivity index (χ4n) is 3.30. The van der Waals surface area contributed by atoms with Crippen LogP contribution in [0.5, 0.6) is 5.75 Å². The summed E-state index contributed by atoms with van der Waals surface area (Å²) in [6.45, 7) is 5.42. The third-order valence-corrected chi connectivity index (χ3v) is 4.70. The smallest absolute Gasteiger partial charge is 0.419 e. The topological polar surface area (TPSA) is 83.2 Å². The number of halogens is 1. The van der Waals surface area contributed by atoms with Gasteiger partial charge in [0.2, 0.25) is 0 Å². The van der Waals surface area contributed by atoms with E-state index in [0.717, 1.165) is 10.9 Å². The molecular formula is C23H24FN5O3. The zero-order valence-electron chi connectivity index (χ0n) is 18.5. The molecule has 0 bridgehead atoms. The largest absolute Gasteiger partial charge is 0.497 e. The lowest BCUT2D eigenvalue weighted by molar-refractivity contribution is 0.0547. The number of ether oxygens (including phenoxy) is 2. The predicted molar refractivity (Wildman–Crippen MR) is 120 cm³/mol. The number of nitrogens with zero attached hydrogens (tertiary/aromatic N) is 4. The van der Waals surface area contributed by atoms with Crippen LogP contribution in [0, 0.1) is 5.82 Å². The number of aryl methyl sites for hydroxylation is 1. The number of anilines is 2. The van der Waals surface area contributed by atoms with Crippen LogP contribution in [-0.4, -0.2) is 38.1 Å². The summed E-state index contributed by atoms with van der Waals surface area (Å²) in [5.74, 6) is 0.309. The van der Waals surface area contributed by atoms with Crippen molar-refractivity contribution in [2.75, 3.05) is 12.4 Å². The molecule has 9 heteroatoms. The summed E-state index contributed by atoms with van der Waals surface area (Å²) in [5, 5.41) is 7.90. The van der Waals surface area contributed by atoms with Gasteiger partial charge in [0.25, 0.3) is 0 Å². The fourth-order valence-corrected chi connectivity index (χ4v) is 3.30. The van der Waals surface area contributed by atoms with Crippen molar-refractivity contribution in [3.05, 3.63) is 54.7 Å². The summed E-state index contributed by atoms with van der Waals surface area (Å²) >= 11 is 0. The van der Waals surface area contributed by atoms with E-state index >= 15 is 0 Å². The van der Waals surface area contributed by atoms with E-state index in [1.807, 2.05) is 12.3 Å². The van der Waals surface area contributed by atoms with Crippen LogP contribution in [0.4, 0.5) is 20.7 Å². The quantitative estimate of drug-likeness (QED) is 0.478. The third-order valence-electron chi connectivity index (χ3n) is 4.70. The van der Waals surface area contributed by atoms with Crippen molar-refractivity contribution < 1.29 is 18.7 Å². The highest BCUT2D eigenvalue weighted by atomic mass is 19.1. The summed E-state index contributed by atoms with van der Waals surface area (Å²) in [7, 11) is 3.28. The molecule has 0 aliphatic heterocycles. The molecule has 3 aromatic heterocycles. The minimum Gasteiger partial charge on any atom is -0.497 e. The summed E-state index contributed by atoms with van der Waals surface area (Å²) in [6, 6.07) is 8.02. The Kier molecular flexibility index (Phi) is 5.33. The van der Waals surface area contributed by atoms with Gasteiger partial charge in [-0.25, -0.2) is 18.7 Å². The first-order chi connectivity index (χ1) is 15.1. The Morgan fingerprint density at radius 1 is 1.16 bits per heavy atom. The van der Waals surface area contributed by atoms with Crippen LogP contribution < -0.4 is 10.1 Å². The number of fused-ring (bicyclic) bond motifs is 1. The Labute approximate surface area is 184 Å². The Morgan fingerprint density at radius 3 is 2.56 bits per heavy atom. The van der Waals surface area contributed by atoms with Crippen molar-refractivity contribution in [1.29, 1.82) is 0 Å². The lowest BCUT2D eigenvalue weighted by atomic mass is 10.2. The molecule has 1 N–H and O–H groups in total. The maximum atomic E-state index is 14.4. The molecule has 1 aromatic carbocycles. The first-order valence-electron chi connectivity index (χ1n) is 9.99.